The Morgan fingerprint density at radius 3 is 3.00 bits per heavy atom. The molecule has 1 saturated heterocycles. The minimum Gasteiger partial charge on any atom is -0.377 e. The maximum Gasteiger partial charge on any atom is 0.0702 e. The van der Waals surface area contributed by atoms with Gasteiger partial charge < -0.3 is 10.5 Å². The molecule has 0 radical (unpaired) electrons. The van der Waals surface area contributed by atoms with Crippen LogP contribution >= 0.6 is 0 Å². The summed E-state index contributed by atoms with van der Waals surface area (Å²) in [4.78, 5) is 6.67. The quantitative estimate of drug-likeness (QED) is 0.832. The van der Waals surface area contributed by atoms with Gasteiger partial charge in [0.05, 0.1) is 11.8 Å². The van der Waals surface area contributed by atoms with Crippen LogP contribution in [0, 0.1) is 0 Å². The largest absolute Gasteiger partial charge is 0.377 e. The molecule has 0 amide bonds. The summed E-state index contributed by atoms with van der Waals surface area (Å²) in [5.41, 5.74) is 7.71. The Morgan fingerprint density at radius 2 is 2.41 bits per heavy atom. The molecular formula is C13H21N3O. The van der Waals surface area contributed by atoms with Crippen molar-refractivity contribution >= 4 is 0 Å². The topological polar surface area (TPSA) is 51.4 Å². The van der Waals surface area contributed by atoms with Crippen molar-refractivity contribution in [2.75, 3.05) is 20.2 Å². The molecule has 94 valence electrons. The zero-order valence-electron chi connectivity index (χ0n) is 10.4. The second-order valence-corrected chi connectivity index (χ2v) is 4.69. The number of hydrogen-bond donors (Lipinski definition) is 1. The summed E-state index contributed by atoms with van der Waals surface area (Å²) in [6.07, 6.45) is 4.64. The van der Waals surface area contributed by atoms with Crippen molar-refractivity contribution < 1.29 is 4.74 Å². The molecule has 1 aliphatic rings. The number of nitrogens with two attached hydrogens (primary N) is 1. The number of pyridine rings is 1. The van der Waals surface area contributed by atoms with Crippen LogP contribution in [-0.2, 0) is 17.8 Å². The number of aromatic nitrogens is 1. The SMILES string of the molecule is CN(Cc1ccc(CN)cn1)CC1CCCO1. The van der Waals surface area contributed by atoms with Gasteiger partial charge in [-0.15, -0.1) is 0 Å². The van der Waals surface area contributed by atoms with Crippen molar-refractivity contribution in [1.29, 1.82) is 0 Å². The van der Waals surface area contributed by atoms with E-state index < -0.39 is 0 Å². The summed E-state index contributed by atoms with van der Waals surface area (Å²) in [5, 5.41) is 0. The number of nitrogens with zero attached hydrogens (tertiary/aromatic N) is 2. The molecule has 4 heteroatoms. The first kappa shape index (κ1) is 12.5. The van der Waals surface area contributed by atoms with Gasteiger partial charge in [0.2, 0.25) is 0 Å². The number of hydrogen-bond acceptors (Lipinski definition) is 4. The average molecular weight is 235 g/mol. The van der Waals surface area contributed by atoms with E-state index in [-0.39, 0.29) is 0 Å². The highest BCUT2D eigenvalue weighted by atomic mass is 16.5. The van der Waals surface area contributed by atoms with Crippen LogP contribution in [0.15, 0.2) is 18.3 Å². The summed E-state index contributed by atoms with van der Waals surface area (Å²) in [7, 11) is 2.11. The normalized spacial score (nSPS) is 20.1. The summed E-state index contributed by atoms with van der Waals surface area (Å²) >= 11 is 0. The van der Waals surface area contributed by atoms with Gasteiger partial charge in [-0.2, -0.15) is 0 Å². The Balaban J connectivity index is 1.81. The molecule has 1 aromatic heterocycles. The van der Waals surface area contributed by atoms with Crippen LogP contribution in [0.4, 0.5) is 0 Å². The molecule has 2 N–H and O–H groups in total. The van der Waals surface area contributed by atoms with Gasteiger partial charge in [-0.1, -0.05) is 6.07 Å². The smallest absolute Gasteiger partial charge is 0.0702 e. The fourth-order valence-corrected chi connectivity index (χ4v) is 2.15. The summed E-state index contributed by atoms with van der Waals surface area (Å²) < 4.78 is 5.62. The lowest BCUT2D eigenvalue weighted by atomic mass is 10.2. The molecule has 0 aromatic carbocycles. The van der Waals surface area contributed by atoms with E-state index >= 15 is 0 Å². The third kappa shape index (κ3) is 3.77. The number of likely N-dealkylation sites (N-methyl/N-ethyl adjacent to an activating group) is 1. The predicted molar refractivity (Wildman–Crippen MR) is 67.4 cm³/mol. The molecule has 1 aliphatic heterocycles. The minimum atomic E-state index is 0.406. The van der Waals surface area contributed by atoms with E-state index in [9.17, 15) is 0 Å². The van der Waals surface area contributed by atoms with Crippen LogP contribution in [0.2, 0.25) is 0 Å². The van der Waals surface area contributed by atoms with Gasteiger partial charge in [-0.3, -0.25) is 9.88 Å². The van der Waals surface area contributed by atoms with E-state index in [4.69, 9.17) is 10.5 Å². The first-order valence-corrected chi connectivity index (χ1v) is 6.22. The molecule has 1 aromatic rings. The van der Waals surface area contributed by atoms with Crippen molar-refractivity contribution in [1.82, 2.24) is 9.88 Å². The second-order valence-electron chi connectivity index (χ2n) is 4.69. The zero-order valence-corrected chi connectivity index (χ0v) is 10.4. The van der Waals surface area contributed by atoms with E-state index in [1.807, 2.05) is 18.3 Å². The van der Waals surface area contributed by atoms with Gasteiger partial charge in [-0.25, -0.2) is 0 Å². The Hall–Kier alpha value is -0.970. The monoisotopic (exact) mass is 235 g/mol. The van der Waals surface area contributed by atoms with E-state index in [1.165, 1.54) is 12.8 Å². The maximum atomic E-state index is 5.62. The molecule has 1 unspecified atom stereocenters. The van der Waals surface area contributed by atoms with Gasteiger partial charge in [0.15, 0.2) is 0 Å². The molecule has 0 bridgehead atoms. The van der Waals surface area contributed by atoms with Crippen LogP contribution < -0.4 is 5.73 Å². The highest BCUT2D eigenvalue weighted by molar-refractivity contribution is 5.13. The summed E-state index contributed by atoms with van der Waals surface area (Å²) in [6.45, 7) is 3.33. The highest BCUT2D eigenvalue weighted by Crippen LogP contribution is 2.13. The van der Waals surface area contributed by atoms with Gasteiger partial charge in [0.25, 0.3) is 0 Å². The van der Waals surface area contributed by atoms with Gasteiger partial charge in [0, 0.05) is 32.4 Å². The lowest BCUT2D eigenvalue weighted by Crippen LogP contribution is -2.28. The molecular weight excluding hydrogens is 214 g/mol. The fraction of sp³-hybridized carbons (Fsp3) is 0.615. The van der Waals surface area contributed by atoms with Crippen molar-refractivity contribution in [3.05, 3.63) is 29.6 Å². The molecule has 2 rings (SSSR count). The van der Waals surface area contributed by atoms with E-state index in [2.05, 4.69) is 16.9 Å². The minimum absolute atomic E-state index is 0.406. The van der Waals surface area contributed by atoms with Crippen LogP contribution in [0.25, 0.3) is 0 Å². The first-order valence-electron chi connectivity index (χ1n) is 6.22. The molecule has 1 atom stereocenters. The molecule has 2 heterocycles. The van der Waals surface area contributed by atoms with Crippen molar-refractivity contribution in [2.45, 2.75) is 32.0 Å². The lowest BCUT2D eigenvalue weighted by molar-refractivity contribution is 0.0790. The van der Waals surface area contributed by atoms with Gasteiger partial charge >= 0.3 is 0 Å². The van der Waals surface area contributed by atoms with Crippen LogP contribution in [0.5, 0.6) is 0 Å². The van der Waals surface area contributed by atoms with E-state index in [1.54, 1.807) is 0 Å². The fourth-order valence-electron chi connectivity index (χ4n) is 2.15. The van der Waals surface area contributed by atoms with Crippen LogP contribution in [0.3, 0.4) is 0 Å². The standard InChI is InChI=1S/C13H21N3O/c1-16(10-13-3-2-6-17-13)9-12-5-4-11(7-14)8-15-12/h4-5,8,13H,2-3,6-7,9-10,14H2,1H3. The maximum absolute atomic E-state index is 5.62. The molecule has 4 nitrogen and oxygen atoms in total. The molecule has 0 spiro atoms. The third-order valence-electron chi connectivity index (χ3n) is 3.09. The average Bonchev–Trinajstić information content (AvgIpc) is 2.82. The molecule has 0 aliphatic carbocycles. The second kappa shape index (κ2) is 6.10. The number of ether oxygens (including phenoxy) is 1. The summed E-state index contributed by atoms with van der Waals surface area (Å²) in [5.74, 6) is 0. The first-order chi connectivity index (χ1) is 8.28. The number of rotatable bonds is 5. The molecule has 1 fully saturated rings. The van der Waals surface area contributed by atoms with Gasteiger partial charge in [-0.05, 0) is 31.5 Å². The van der Waals surface area contributed by atoms with Crippen molar-refractivity contribution in [2.24, 2.45) is 5.73 Å². The van der Waals surface area contributed by atoms with Gasteiger partial charge in [0.1, 0.15) is 0 Å². The Morgan fingerprint density at radius 1 is 1.53 bits per heavy atom. The Labute approximate surface area is 103 Å². The highest BCUT2D eigenvalue weighted by Gasteiger charge is 2.17. The molecule has 17 heavy (non-hydrogen) atoms. The van der Waals surface area contributed by atoms with E-state index in [0.29, 0.717) is 12.6 Å². The Bertz CT molecular complexity index is 333. The zero-order chi connectivity index (χ0) is 12.1. The van der Waals surface area contributed by atoms with Crippen LogP contribution in [0.1, 0.15) is 24.1 Å². The summed E-state index contributed by atoms with van der Waals surface area (Å²) in [6, 6.07) is 4.09. The lowest BCUT2D eigenvalue weighted by Gasteiger charge is -2.20. The van der Waals surface area contributed by atoms with Crippen molar-refractivity contribution in [3.8, 4) is 0 Å². The predicted octanol–water partition coefficient (Wildman–Crippen LogP) is 1.15. The van der Waals surface area contributed by atoms with Crippen LogP contribution in [-0.4, -0.2) is 36.2 Å². The Kier molecular flexibility index (Phi) is 4.48. The van der Waals surface area contributed by atoms with Crippen molar-refractivity contribution in [3.63, 3.8) is 0 Å². The molecule has 0 saturated carbocycles. The third-order valence-corrected chi connectivity index (χ3v) is 3.09. The van der Waals surface area contributed by atoms with E-state index in [0.717, 1.165) is 31.0 Å².